The number of hydrogen-bond acceptors (Lipinski definition) is 6. The number of nitrogens with one attached hydrogen (secondary N) is 1. The van der Waals surface area contributed by atoms with Crippen molar-refractivity contribution in [1.82, 2.24) is 35.3 Å². The molecular weight excluding hydrogens is 296 g/mol. The molecule has 1 amide bonds. The Hall–Kier alpha value is -3.23. The fraction of sp³-hybridized carbons (Fsp3) is 0.214. The van der Waals surface area contributed by atoms with Crippen LogP contribution in [0.25, 0.3) is 5.69 Å². The Morgan fingerprint density at radius 2 is 2.09 bits per heavy atom. The van der Waals surface area contributed by atoms with Gasteiger partial charge in [0.1, 0.15) is 12.4 Å². The summed E-state index contributed by atoms with van der Waals surface area (Å²) < 4.78 is 3.03. The normalized spacial score (nSPS) is 10.7. The zero-order valence-electron chi connectivity index (χ0n) is 12.5. The van der Waals surface area contributed by atoms with Gasteiger partial charge in [-0.2, -0.15) is 9.78 Å². The van der Waals surface area contributed by atoms with Gasteiger partial charge in [-0.1, -0.05) is 18.2 Å². The minimum absolute atomic E-state index is 0.0482. The fourth-order valence-electron chi connectivity index (χ4n) is 2.15. The monoisotopic (exact) mass is 312 g/mol. The lowest BCUT2D eigenvalue weighted by Crippen LogP contribution is -2.29. The van der Waals surface area contributed by atoms with Crippen molar-refractivity contribution in [2.75, 3.05) is 5.73 Å². The van der Waals surface area contributed by atoms with Crippen molar-refractivity contribution in [3.8, 4) is 5.69 Å². The molecule has 0 bridgehead atoms. The van der Waals surface area contributed by atoms with Crippen LogP contribution in [-0.4, -0.2) is 35.9 Å². The molecule has 0 fully saturated rings. The van der Waals surface area contributed by atoms with Gasteiger partial charge in [-0.25, -0.2) is 4.68 Å². The van der Waals surface area contributed by atoms with Crippen LogP contribution < -0.4 is 11.1 Å². The average molecular weight is 312 g/mol. The highest BCUT2D eigenvalue weighted by Crippen LogP contribution is 2.07. The highest BCUT2D eigenvalue weighted by atomic mass is 16.2. The molecular formula is C14H16N8O. The van der Waals surface area contributed by atoms with E-state index in [1.807, 2.05) is 37.3 Å². The lowest BCUT2D eigenvalue weighted by Gasteiger charge is -2.07. The van der Waals surface area contributed by atoms with E-state index in [0.717, 1.165) is 11.4 Å². The van der Waals surface area contributed by atoms with Crippen molar-refractivity contribution in [3.63, 3.8) is 0 Å². The number of nitrogens with two attached hydrogens (primary N) is 1. The minimum atomic E-state index is -0.220. The number of rotatable bonds is 5. The molecule has 1 aromatic carbocycles. The topological polar surface area (TPSA) is 117 Å². The Kier molecular flexibility index (Phi) is 4.00. The van der Waals surface area contributed by atoms with Crippen molar-refractivity contribution < 1.29 is 4.79 Å². The van der Waals surface area contributed by atoms with Crippen LogP contribution in [0.15, 0.2) is 36.4 Å². The first-order valence-corrected chi connectivity index (χ1v) is 7.03. The van der Waals surface area contributed by atoms with Crippen molar-refractivity contribution in [1.29, 1.82) is 0 Å². The molecule has 0 atom stereocenters. The summed E-state index contributed by atoms with van der Waals surface area (Å²) in [5.74, 6) is 0.767. The molecule has 9 nitrogen and oxygen atoms in total. The first-order valence-electron chi connectivity index (χ1n) is 7.03. The first-order chi connectivity index (χ1) is 11.1. The summed E-state index contributed by atoms with van der Waals surface area (Å²) in [6.07, 6.45) is 0. The molecule has 0 saturated carbocycles. The molecule has 3 N–H and O–H groups in total. The smallest absolute Gasteiger partial charge is 0.242 e. The van der Waals surface area contributed by atoms with Gasteiger partial charge in [-0.15, -0.1) is 5.10 Å². The number of aromatic nitrogens is 6. The predicted octanol–water partition coefficient (Wildman–Crippen LogP) is 0.0658. The molecule has 0 unspecified atom stereocenters. The summed E-state index contributed by atoms with van der Waals surface area (Å²) >= 11 is 0. The van der Waals surface area contributed by atoms with Crippen LogP contribution in [0.3, 0.4) is 0 Å². The van der Waals surface area contributed by atoms with E-state index < -0.39 is 0 Å². The van der Waals surface area contributed by atoms with E-state index in [2.05, 4.69) is 25.9 Å². The van der Waals surface area contributed by atoms with Gasteiger partial charge in [-0.05, 0) is 29.5 Å². The summed E-state index contributed by atoms with van der Waals surface area (Å²) in [6.45, 7) is 2.08. The van der Waals surface area contributed by atoms with E-state index in [4.69, 9.17) is 5.73 Å². The second-order valence-electron chi connectivity index (χ2n) is 4.99. The molecule has 118 valence electrons. The average Bonchev–Trinajstić information content (AvgIpc) is 3.13. The Bertz CT molecular complexity index is 807. The number of carbonyl (C=O) groups is 1. The van der Waals surface area contributed by atoms with Gasteiger partial charge in [0.25, 0.3) is 0 Å². The number of hydrogen-bond donors (Lipinski definition) is 2. The van der Waals surface area contributed by atoms with E-state index in [-0.39, 0.29) is 19.0 Å². The summed E-state index contributed by atoms with van der Waals surface area (Å²) in [4.78, 5) is 12.0. The zero-order chi connectivity index (χ0) is 16.2. The van der Waals surface area contributed by atoms with Gasteiger partial charge in [0.05, 0.1) is 17.9 Å². The van der Waals surface area contributed by atoms with Crippen LogP contribution in [0.2, 0.25) is 0 Å². The van der Waals surface area contributed by atoms with Crippen LogP contribution in [0, 0.1) is 6.92 Å². The van der Waals surface area contributed by atoms with E-state index in [0.29, 0.717) is 11.6 Å². The Labute approximate surface area is 132 Å². The third-order valence-electron chi connectivity index (χ3n) is 3.21. The lowest BCUT2D eigenvalue weighted by atomic mass is 10.3. The van der Waals surface area contributed by atoms with E-state index in [9.17, 15) is 4.79 Å². The number of tetrazole rings is 1. The molecule has 2 aromatic heterocycles. The summed E-state index contributed by atoms with van der Waals surface area (Å²) in [5, 5.41) is 18.4. The van der Waals surface area contributed by atoms with Crippen LogP contribution in [0.5, 0.6) is 0 Å². The molecule has 0 radical (unpaired) electrons. The number of carbonyl (C=O) groups excluding carboxylic acids is 1. The highest BCUT2D eigenvalue weighted by Gasteiger charge is 2.11. The third-order valence-corrected chi connectivity index (χ3v) is 3.21. The van der Waals surface area contributed by atoms with Crippen molar-refractivity contribution in [2.45, 2.75) is 20.0 Å². The van der Waals surface area contributed by atoms with Gasteiger partial charge in [-0.3, -0.25) is 4.79 Å². The van der Waals surface area contributed by atoms with Gasteiger partial charge < -0.3 is 11.1 Å². The highest BCUT2D eigenvalue weighted by molar-refractivity contribution is 5.75. The largest absolute Gasteiger partial charge is 0.384 e. The lowest BCUT2D eigenvalue weighted by molar-refractivity contribution is -0.122. The van der Waals surface area contributed by atoms with Crippen molar-refractivity contribution >= 4 is 11.7 Å². The Balaban J connectivity index is 1.64. The molecule has 0 aliphatic heterocycles. The first kappa shape index (κ1) is 14.7. The number of aryl methyl sites for hydroxylation is 1. The number of nitrogens with zero attached hydrogens (tertiary/aromatic N) is 6. The quantitative estimate of drug-likeness (QED) is 0.688. The maximum Gasteiger partial charge on any atom is 0.242 e. The van der Waals surface area contributed by atoms with Crippen LogP contribution in [-0.2, 0) is 17.9 Å². The number of amides is 1. The number of para-hydroxylation sites is 1. The summed E-state index contributed by atoms with van der Waals surface area (Å²) in [5.41, 5.74) is 7.36. The molecule has 2 heterocycles. The Morgan fingerprint density at radius 1 is 1.30 bits per heavy atom. The molecule has 0 aliphatic rings. The van der Waals surface area contributed by atoms with Gasteiger partial charge in [0.2, 0.25) is 5.91 Å². The summed E-state index contributed by atoms with van der Waals surface area (Å²) in [6, 6.07) is 11.2. The fourth-order valence-corrected chi connectivity index (χ4v) is 2.15. The summed E-state index contributed by atoms with van der Waals surface area (Å²) in [7, 11) is 0. The maximum atomic E-state index is 12.0. The molecule has 3 rings (SSSR count). The standard InChI is InChI=1S/C14H16N8O/c1-10-7-12(15)21(18-10)9-14(23)16-8-13-17-19-20-22(13)11-5-3-2-4-6-11/h2-7H,8-9,15H2,1H3,(H,16,23). The zero-order valence-corrected chi connectivity index (χ0v) is 12.5. The molecule has 23 heavy (non-hydrogen) atoms. The van der Waals surface area contributed by atoms with Crippen molar-refractivity contribution in [3.05, 3.63) is 47.9 Å². The molecule has 3 aromatic rings. The van der Waals surface area contributed by atoms with Crippen LogP contribution in [0.1, 0.15) is 11.5 Å². The van der Waals surface area contributed by atoms with Crippen LogP contribution in [0.4, 0.5) is 5.82 Å². The maximum absolute atomic E-state index is 12.0. The van der Waals surface area contributed by atoms with Gasteiger partial charge in [0.15, 0.2) is 5.82 Å². The molecule has 0 spiro atoms. The molecule has 0 saturated heterocycles. The minimum Gasteiger partial charge on any atom is -0.384 e. The van der Waals surface area contributed by atoms with Gasteiger partial charge >= 0.3 is 0 Å². The van der Waals surface area contributed by atoms with Crippen molar-refractivity contribution in [2.24, 2.45) is 0 Å². The van der Waals surface area contributed by atoms with Crippen LogP contribution >= 0.6 is 0 Å². The predicted molar refractivity (Wildman–Crippen MR) is 82.4 cm³/mol. The number of anilines is 1. The Morgan fingerprint density at radius 3 is 2.78 bits per heavy atom. The third kappa shape index (κ3) is 3.34. The number of nitrogen functional groups attached to an aromatic ring is 1. The van der Waals surface area contributed by atoms with Gasteiger partial charge in [0, 0.05) is 6.07 Å². The second-order valence-corrected chi connectivity index (χ2v) is 4.99. The molecule has 0 aliphatic carbocycles. The van der Waals surface area contributed by atoms with E-state index >= 15 is 0 Å². The van der Waals surface area contributed by atoms with E-state index in [1.165, 1.54) is 4.68 Å². The second kappa shape index (κ2) is 6.26. The van der Waals surface area contributed by atoms with E-state index in [1.54, 1.807) is 10.7 Å². The SMILES string of the molecule is Cc1cc(N)n(CC(=O)NCc2nnnn2-c2ccccc2)n1. The number of benzene rings is 1. The molecule has 9 heteroatoms.